The number of hydrogen-bond acceptors (Lipinski definition) is 6. The van der Waals surface area contributed by atoms with Crippen LogP contribution >= 0.6 is 0 Å². The number of methoxy groups -OCH3 is 1. The maximum absolute atomic E-state index is 13.0. The summed E-state index contributed by atoms with van der Waals surface area (Å²) in [7, 11) is 1.28. The SMILES string of the molecule is COC(=O)c1ccc2nc(-c3ccc(C(F)(F)F)cc3)c(CCCCC(=O)OC(C)(C)C)nc2c1. The van der Waals surface area contributed by atoms with Gasteiger partial charge in [-0.25, -0.2) is 14.8 Å². The van der Waals surface area contributed by atoms with Crippen LogP contribution in [0.3, 0.4) is 0 Å². The number of aromatic nitrogens is 2. The molecule has 0 fully saturated rings. The summed E-state index contributed by atoms with van der Waals surface area (Å²) in [5, 5.41) is 0. The van der Waals surface area contributed by atoms with E-state index in [1.54, 1.807) is 39.0 Å². The van der Waals surface area contributed by atoms with Crippen molar-refractivity contribution in [3.8, 4) is 11.3 Å². The van der Waals surface area contributed by atoms with Gasteiger partial charge in [0.15, 0.2) is 0 Å². The number of fused-ring (bicyclic) bond motifs is 1. The average molecular weight is 489 g/mol. The van der Waals surface area contributed by atoms with E-state index in [9.17, 15) is 22.8 Å². The molecular weight excluding hydrogens is 461 g/mol. The van der Waals surface area contributed by atoms with Crippen LogP contribution in [0.4, 0.5) is 13.2 Å². The van der Waals surface area contributed by atoms with E-state index in [0.29, 0.717) is 52.8 Å². The number of carbonyl (C=O) groups is 2. The first-order valence-electron chi connectivity index (χ1n) is 11.2. The van der Waals surface area contributed by atoms with E-state index < -0.39 is 23.3 Å². The molecule has 0 saturated carbocycles. The number of esters is 2. The Kier molecular flexibility index (Phi) is 7.77. The van der Waals surface area contributed by atoms with E-state index >= 15 is 0 Å². The summed E-state index contributed by atoms with van der Waals surface area (Å²) in [5.41, 5.74) is 1.46. The molecule has 0 N–H and O–H groups in total. The molecule has 6 nitrogen and oxygen atoms in total. The number of benzene rings is 2. The molecule has 1 heterocycles. The van der Waals surface area contributed by atoms with Crippen LogP contribution in [-0.2, 0) is 26.9 Å². The van der Waals surface area contributed by atoms with Crippen molar-refractivity contribution in [3.05, 3.63) is 59.3 Å². The molecule has 0 atom stereocenters. The summed E-state index contributed by atoms with van der Waals surface area (Å²) >= 11 is 0. The fourth-order valence-corrected chi connectivity index (χ4v) is 3.51. The third-order valence-electron chi connectivity index (χ3n) is 5.11. The minimum absolute atomic E-state index is 0.236. The Labute approximate surface area is 201 Å². The van der Waals surface area contributed by atoms with Gasteiger partial charge in [-0.1, -0.05) is 12.1 Å². The Bertz CT molecular complexity index is 1220. The molecule has 186 valence electrons. The Balaban J connectivity index is 1.91. The highest BCUT2D eigenvalue weighted by atomic mass is 19.4. The first-order chi connectivity index (χ1) is 16.4. The van der Waals surface area contributed by atoms with E-state index in [1.165, 1.54) is 19.2 Å². The van der Waals surface area contributed by atoms with E-state index in [0.717, 1.165) is 12.1 Å². The van der Waals surface area contributed by atoms with Crippen LogP contribution in [0.1, 0.15) is 61.6 Å². The third kappa shape index (κ3) is 7.00. The molecule has 9 heteroatoms. The highest BCUT2D eigenvalue weighted by molar-refractivity contribution is 5.93. The normalized spacial score (nSPS) is 12.0. The quantitative estimate of drug-likeness (QED) is 0.293. The fraction of sp³-hybridized carbons (Fsp3) is 0.385. The third-order valence-corrected chi connectivity index (χ3v) is 5.11. The van der Waals surface area contributed by atoms with Gasteiger partial charge in [-0.2, -0.15) is 13.2 Å². The summed E-state index contributed by atoms with van der Waals surface area (Å²) in [4.78, 5) is 33.2. The van der Waals surface area contributed by atoms with Gasteiger partial charge in [0.25, 0.3) is 0 Å². The zero-order valence-corrected chi connectivity index (χ0v) is 20.0. The van der Waals surface area contributed by atoms with Crippen molar-refractivity contribution >= 4 is 23.0 Å². The summed E-state index contributed by atoms with van der Waals surface area (Å²) < 4.78 is 49.1. The highest BCUT2D eigenvalue weighted by Crippen LogP contribution is 2.32. The van der Waals surface area contributed by atoms with Crippen LogP contribution in [0.25, 0.3) is 22.3 Å². The molecule has 0 saturated heterocycles. The molecule has 0 bridgehead atoms. The smallest absolute Gasteiger partial charge is 0.416 e. The predicted molar refractivity (Wildman–Crippen MR) is 125 cm³/mol. The zero-order valence-electron chi connectivity index (χ0n) is 20.0. The van der Waals surface area contributed by atoms with Gasteiger partial charge < -0.3 is 9.47 Å². The van der Waals surface area contributed by atoms with Gasteiger partial charge in [0.05, 0.1) is 40.7 Å². The van der Waals surface area contributed by atoms with E-state index in [1.807, 2.05) is 0 Å². The summed E-state index contributed by atoms with van der Waals surface area (Å²) in [6.07, 6.45) is -2.64. The van der Waals surface area contributed by atoms with Gasteiger partial charge >= 0.3 is 18.1 Å². The first kappa shape index (κ1) is 26.1. The second kappa shape index (κ2) is 10.4. The lowest BCUT2D eigenvalue weighted by Crippen LogP contribution is -2.23. The van der Waals surface area contributed by atoms with Crippen LogP contribution in [-0.4, -0.2) is 34.6 Å². The largest absolute Gasteiger partial charge is 0.465 e. The number of ether oxygens (including phenoxy) is 2. The summed E-state index contributed by atoms with van der Waals surface area (Å²) in [6.45, 7) is 5.40. The van der Waals surface area contributed by atoms with Gasteiger partial charge in [-0.3, -0.25) is 4.79 Å². The number of carbonyl (C=O) groups excluding carboxylic acids is 2. The van der Waals surface area contributed by atoms with Crippen LogP contribution in [0.15, 0.2) is 42.5 Å². The van der Waals surface area contributed by atoms with Crippen LogP contribution in [0.2, 0.25) is 0 Å². The predicted octanol–water partition coefficient (Wildman–Crippen LogP) is 6.16. The molecule has 0 aliphatic carbocycles. The second-order valence-electron chi connectivity index (χ2n) is 9.08. The van der Waals surface area contributed by atoms with Crippen molar-refractivity contribution in [2.75, 3.05) is 7.11 Å². The Morgan fingerprint density at radius 1 is 0.914 bits per heavy atom. The average Bonchev–Trinajstić information content (AvgIpc) is 2.78. The Hall–Kier alpha value is -3.49. The number of alkyl halides is 3. The maximum Gasteiger partial charge on any atom is 0.416 e. The van der Waals surface area contributed by atoms with Crippen LogP contribution < -0.4 is 0 Å². The standard InChI is InChI=1S/C26H27F3N2O4/c1-25(2,3)35-22(32)8-6-5-7-20-23(16-9-12-18(13-10-16)26(27,28)29)31-19-14-11-17(24(33)34-4)15-21(19)30-20/h9-15H,5-8H2,1-4H3. The molecule has 0 aliphatic rings. The number of aryl methyl sites for hydroxylation is 1. The van der Waals surface area contributed by atoms with Gasteiger partial charge in [0.1, 0.15) is 5.60 Å². The van der Waals surface area contributed by atoms with E-state index in [4.69, 9.17) is 9.47 Å². The van der Waals surface area contributed by atoms with Crippen molar-refractivity contribution in [2.45, 2.75) is 58.2 Å². The molecule has 0 amide bonds. The number of rotatable bonds is 7. The lowest BCUT2D eigenvalue weighted by atomic mass is 10.0. The van der Waals surface area contributed by atoms with Crippen LogP contribution in [0.5, 0.6) is 0 Å². The summed E-state index contributed by atoms with van der Waals surface area (Å²) in [5.74, 6) is -0.813. The lowest BCUT2D eigenvalue weighted by Gasteiger charge is -2.19. The molecular formula is C26H27F3N2O4. The van der Waals surface area contributed by atoms with Crippen molar-refractivity contribution in [2.24, 2.45) is 0 Å². The van der Waals surface area contributed by atoms with Gasteiger partial charge in [-0.15, -0.1) is 0 Å². The van der Waals surface area contributed by atoms with Crippen molar-refractivity contribution in [3.63, 3.8) is 0 Å². The van der Waals surface area contributed by atoms with Crippen LogP contribution in [0, 0.1) is 0 Å². The van der Waals surface area contributed by atoms with Crippen molar-refractivity contribution in [1.82, 2.24) is 9.97 Å². The fourth-order valence-electron chi connectivity index (χ4n) is 3.51. The Morgan fingerprint density at radius 2 is 1.60 bits per heavy atom. The molecule has 0 radical (unpaired) electrons. The maximum atomic E-state index is 13.0. The molecule has 0 spiro atoms. The molecule has 0 unspecified atom stereocenters. The monoisotopic (exact) mass is 488 g/mol. The molecule has 0 aliphatic heterocycles. The van der Waals surface area contributed by atoms with Crippen molar-refractivity contribution in [1.29, 1.82) is 0 Å². The number of hydrogen-bond donors (Lipinski definition) is 0. The number of halogens is 3. The molecule has 2 aromatic carbocycles. The van der Waals surface area contributed by atoms with Gasteiger partial charge in [0, 0.05) is 12.0 Å². The minimum Gasteiger partial charge on any atom is -0.465 e. The molecule has 3 aromatic rings. The van der Waals surface area contributed by atoms with Crippen molar-refractivity contribution < 1.29 is 32.2 Å². The lowest BCUT2D eigenvalue weighted by molar-refractivity contribution is -0.155. The topological polar surface area (TPSA) is 78.4 Å². The zero-order chi connectivity index (χ0) is 25.8. The molecule has 3 rings (SSSR count). The van der Waals surface area contributed by atoms with E-state index in [-0.39, 0.29) is 12.4 Å². The van der Waals surface area contributed by atoms with Gasteiger partial charge in [-0.05, 0) is 70.4 Å². The Morgan fingerprint density at radius 3 is 2.20 bits per heavy atom. The summed E-state index contributed by atoms with van der Waals surface area (Å²) in [6, 6.07) is 9.49. The molecule has 35 heavy (non-hydrogen) atoms. The number of unbranched alkanes of at least 4 members (excludes halogenated alkanes) is 1. The highest BCUT2D eigenvalue weighted by Gasteiger charge is 2.30. The van der Waals surface area contributed by atoms with E-state index in [2.05, 4.69) is 9.97 Å². The number of nitrogens with zero attached hydrogens (tertiary/aromatic N) is 2. The minimum atomic E-state index is -4.44. The molecule has 1 aromatic heterocycles. The second-order valence-corrected chi connectivity index (χ2v) is 9.08. The first-order valence-corrected chi connectivity index (χ1v) is 11.2. The van der Waals surface area contributed by atoms with Gasteiger partial charge in [0.2, 0.25) is 0 Å².